The van der Waals surface area contributed by atoms with Crippen molar-refractivity contribution < 1.29 is 4.79 Å². The number of aryl methyl sites for hydroxylation is 1. The minimum absolute atomic E-state index is 0.0223. The summed E-state index contributed by atoms with van der Waals surface area (Å²) in [4.78, 5) is 12.7. The van der Waals surface area contributed by atoms with Gasteiger partial charge >= 0.3 is 0 Å². The van der Waals surface area contributed by atoms with Gasteiger partial charge in [0.2, 0.25) is 0 Å². The number of carbonyl (C=O) groups excluding carboxylic acids is 1. The molecule has 0 aromatic heterocycles. The highest BCUT2D eigenvalue weighted by Gasteiger charge is 2.39. The molecule has 2 aliphatic carbocycles. The predicted molar refractivity (Wildman–Crippen MR) is 102 cm³/mol. The summed E-state index contributed by atoms with van der Waals surface area (Å²) in [6.07, 6.45) is 4.88. The zero-order valence-corrected chi connectivity index (χ0v) is 14.8. The van der Waals surface area contributed by atoms with Gasteiger partial charge in [-0.05, 0) is 67.5 Å². The van der Waals surface area contributed by atoms with Crippen LogP contribution in [-0.4, -0.2) is 18.5 Å². The second kappa shape index (κ2) is 7.01. The van der Waals surface area contributed by atoms with Crippen LogP contribution in [0.4, 0.5) is 5.69 Å². The first-order valence-corrected chi connectivity index (χ1v) is 9.47. The minimum atomic E-state index is -0.0223. The van der Waals surface area contributed by atoms with Crippen LogP contribution in [0.3, 0.4) is 0 Å². The van der Waals surface area contributed by atoms with Crippen LogP contribution in [-0.2, 0) is 6.42 Å². The van der Waals surface area contributed by atoms with Crippen molar-refractivity contribution in [1.82, 2.24) is 5.32 Å². The molecule has 4 rings (SSSR count). The summed E-state index contributed by atoms with van der Waals surface area (Å²) in [6, 6.07) is 16.7. The normalized spacial score (nSPS) is 21.8. The quantitative estimate of drug-likeness (QED) is 0.790. The number of hydrogen-bond donors (Lipinski definition) is 2. The van der Waals surface area contributed by atoms with Gasteiger partial charge in [0.15, 0.2) is 0 Å². The standard InChI is InChI=1S/C22H26N2O/c1-2-16-6-3-4-9-20(16)24-22(25)18-8-5-7-17(12-18)19-13-21(19)23-14-15-10-11-15/h3-9,12,15,19,21,23H,2,10-11,13-14H2,1H3,(H,24,25)/t19-,21+/m0/s1. The minimum Gasteiger partial charge on any atom is -0.322 e. The Balaban J connectivity index is 1.41. The maximum atomic E-state index is 12.7. The van der Waals surface area contributed by atoms with E-state index in [0.717, 1.165) is 30.1 Å². The lowest BCUT2D eigenvalue weighted by Gasteiger charge is -2.10. The van der Waals surface area contributed by atoms with Crippen molar-refractivity contribution >= 4 is 11.6 Å². The molecule has 0 saturated heterocycles. The average molecular weight is 334 g/mol. The van der Waals surface area contributed by atoms with Crippen LogP contribution in [0.1, 0.15) is 53.6 Å². The molecule has 2 N–H and O–H groups in total. The third-order valence-corrected chi connectivity index (χ3v) is 5.38. The number of nitrogens with one attached hydrogen (secondary N) is 2. The molecule has 2 aromatic carbocycles. The lowest BCUT2D eigenvalue weighted by Crippen LogP contribution is -2.20. The molecule has 2 fully saturated rings. The number of benzene rings is 2. The molecule has 3 nitrogen and oxygen atoms in total. The van der Waals surface area contributed by atoms with Gasteiger partial charge in [-0.3, -0.25) is 4.79 Å². The van der Waals surface area contributed by atoms with Crippen molar-refractivity contribution in [3.8, 4) is 0 Å². The van der Waals surface area contributed by atoms with Crippen molar-refractivity contribution in [1.29, 1.82) is 0 Å². The predicted octanol–water partition coefficient (Wildman–Crippen LogP) is 4.36. The Hall–Kier alpha value is -2.13. The van der Waals surface area contributed by atoms with Gasteiger partial charge < -0.3 is 10.6 Å². The first-order valence-electron chi connectivity index (χ1n) is 9.47. The molecule has 0 heterocycles. The highest BCUT2D eigenvalue weighted by atomic mass is 16.1. The molecule has 3 heteroatoms. The van der Waals surface area contributed by atoms with E-state index in [-0.39, 0.29) is 5.91 Å². The highest BCUT2D eigenvalue weighted by molar-refractivity contribution is 6.04. The lowest BCUT2D eigenvalue weighted by atomic mass is 10.1. The fourth-order valence-electron chi connectivity index (χ4n) is 3.48. The molecule has 2 atom stereocenters. The van der Waals surface area contributed by atoms with Gasteiger partial charge in [-0.25, -0.2) is 0 Å². The van der Waals surface area contributed by atoms with Gasteiger partial charge in [0.1, 0.15) is 0 Å². The van der Waals surface area contributed by atoms with Gasteiger partial charge in [0, 0.05) is 23.2 Å². The van der Waals surface area contributed by atoms with Crippen molar-refractivity contribution in [2.45, 2.75) is 44.6 Å². The van der Waals surface area contributed by atoms with Crippen molar-refractivity contribution in [2.75, 3.05) is 11.9 Å². The van der Waals surface area contributed by atoms with Crippen molar-refractivity contribution in [3.05, 3.63) is 65.2 Å². The van der Waals surface area contributed by atoms with Crippen molar-refractivity contribution in [3.63, 3.8) is 0 Å². The molecule has 0 spiro atoms. The summed E-state index contributed by atoms with van der Waals surface area (Å²) in [6.45, 7) is 3.27. The second-order valence-corrected chi connectivity index (χ2v) is 7.39. The molecule has 0 unspecified atom stereocenters. The average Bonchev–Trinajstić information content (AvgIpc) is 3.55. The second-order valence-electron chi connectivity index (χ2n) is 7.39. The molecular weight excluding hydrogens is 308 g/mol. The lowest BCUT2D eigenvalue weighted by molar-refractivity contribution is 0.102. The molecule has 1 amide bonds. The Morgan fingerprint density at radius 1 is 1.12 bits per heavy atom. The first-order chi connectivity index (χ1) is 12.2. The summed E-state index contributed by atoms with van der Waals surface area (Å²) in [5.41, 5.74) is 4.11. The summed E-state index contributed by atoms with van der Waals surface area (Å²) in [7, 11) is 0. The topological polar surface area (TPSA) is 41.1 Å². The Morgan fingerprint density at radius 3 is 2.76 bits per heavy atom. The number of hydrogen-bond acceptors (Lipinski definition) is 2. The van der Waals surface area contributed by atoms with Crippen LogP contribution in [0.25, 0.3) is 0 Å². The summed E-state index contributed by atoms with van der Waals surface area (Å²) in [5, 5.41) is 6.74. The molecule has 0 aliphatic heterocycles. The van der Waals surface area contributed by atoms with Crippen LogP contribution < -0.4 is 10.6 Å². The fraction of sp³-hybridized carbons (Fsp3) is 0.409. The van der Waals surface area contributed by atoms with Gasteiger partial charge in [-0.15, -0.1) is 0 Å². The summed E-state index contributed by atoms with van der Waals surface area (Å²) >= 11 is 0. The maximum absolute atomic E-state index is 12.7. The zero-order valence-electron chi connectivity index (χ0n) is 14.8. The maximum Gasteiger partial charge on any atom is 0.255 e. The van der Waals surface area contributed by atoms with Gasteiger partial charge in [0.25, 0.3) is 5.91 Å². The molecule has 2 saturated carbocycles. The fourth-order valence-corrected chi connectivity index (χ4v) is 3.48. The largest absolute Gasteiger partial charge is 0.322 e. The van der Waals surface area contributed by atoms with Crippen molar-refractivity contribution in [2.24, 2.45) is 5.92 Å². The number of anilines is 1. The van der Waals surface area contributed by atoms with E-state index in [1.54, 1.807) is 0 Å². The number of amides is 1. The summed E-state index contributed by atoms with van der Waals surface area (Å²) < 4.78 is 0. The molecule has 130 valence electrons. The van der Waals surface area contributed by atoms with E-state index >= 15 is 0 Å². The van der Waals surface area contributed by atoms with E-state index < -0.39 is 0 Å². The van der Waals surface area contributed by atoms with E-state index in [1.807, 2.05) is 30.3 Å². The molecule has 0 bridgehead atoms. The van der Waals surface area contributed by atoms with Crippen LogP contribution in [0.5, 0.6) is 0 Å². The molecular formula is C22H26N2O. The molecule has 25 heavy (non-hydrogen) atoms. The Kier molecular flexibility index (Phi) is 4.58. The van der Waals surface area contributed by atoms with Crippen LogP contribution >= 0.6 is 0 Å². The molecule has 2 aliphatic rings. The van der Waals surface area contributed by atoms with Gasteiger partial charge in [-0.2, -0.15) is 0 Å². The highest BCUT2D eigenvalue weighted by Crippen LogP contribution is 2.41. The number of para-hydroxylation sites is 1. The van der Waals surface area contributed by atoms with Crippen LogP contribution in [0, 0.1) is 5.92 Å². The SMILES string of the molecule is CCc1ccccc1NC(=O)c1cccc([C@@H]2C[C@H]2NCC2CC2)c1. The molecule has 2 aromatic rings. The smallest absolute Gasteiger partial charge is 0.255 e. The number of rotatable bonds is 7. The van der Waals surface area contributed by atoms with E-state index in [2.05, 4.69) is 35.8 Å². The van der Waals surface area contributed by atoms with E-state index in [1.165, 1.54) is 30.4 Å². The van der Waals surface area contributed by atoms with E-state index in [0.29, 0.717) is 12.0 Å². The number of carbonyl (C=O) groups is 1. The van der Waals surface area contributed by atoms with E-state index in [4.69, 9.17) is 0 Å². The third-order valence-electron chi connectivity index (χ3n) is 5.38. The Labute approximate surface area is 149 Å². The summed E-state index contributed by atoms with van der Waals surface area (Å²) in [5.74, 6) is 1.46. The molecule has 0 radical (unpaired) electrons. The van der Waals surface area contributed by atoms with Gasteiger partial charge in [0.05, 0.1) is 0 Å². The monoisotopic (exact) mass is 334 g/mol. The Morgan fingerprint density at radius 2 is 1.96 bits per heavy atom. The first kappa shape index (κ1) is 16.3. The third kappa shape index (κ3) is 3.93. The van der Waals surface area contributed by atoms with Gasteiger partial charge in [-0.1, -0.05) is 37.3 Å². The van der Waals surface area contributed by atoms with E-state index in [9.17, 15) is 4.79 Å². The Bertz CT molecular complexity index is 766. The van der Waals surface area contributed by atoms with Crippen LogP contribution in [0.2, 0.25) is 0 Å². The zero-order chi connectivity index (χ0) is 17.2. The van der Waals surface area contributed by atoms with Crippen LogP contribution in [0.15, 0.2) is 48.5 Å².